The topological polar surface area (TPSA) is 83.8 Å². The highest BCUT2D eigenvalue weighted by Gasteiger charge is 2.32. The molecule has 0 saturated heterocycles. The minimum absolute atomic E-state index is 0.0298. The molecule has 0 spiro atoms. The van der Waals surface area contributed by atoms with Crippen LogP contribution >= 0.6 is 0 Å². The van der Waals surface area contributed by atoms with Crippen molar-refractivity contribution < 1.29 is 24.5 Å². The van der Waals surface area contributed by atoms with E-state index in [1.54, 1.807) is 0 Å². The number of hydrogen-bond acceptors (Lipinski definition) is 4. The van der Waals surface area contributed by atoms with Crippen molar-refractivity contribution in [2.24, 2.45) is 11.8 Å². The van der Waals surface area contributed by atoms with Crippen LogP contribution in [0.2, 0.25) is 0 Å². The minimum atomic E-state index is -0.828. The molecule has 134 valence electrons. The Bertz CT molecular complexity index is 355. The van der Waals surface area contributed by atoms with Crippen molar-refractivity contribution in [2.45, 2.75) is 83.7 Å². The summed E-state index contributed by atoms with van der Waals surface area (Å²) < 4.78 is 5.19. The summed E-state index contributed by atoms with van der Waals surface area (Å²) in [5.74, 6) is -1.94. The lowest BCUT2D eigenvalue weighted by Crippen LogP contribution is -2.30. The summed E-state index contributed by atoms with van der Waals surface area (Å²) in [6.45, 7) is 2.21. The number of carboxylic acids is 1. The molecule has 0 heterocycles. The third-order valence-corrected chi connectivity index (χ3v) is 4.67. The van der Waals surface area contributed by atoms with Gasteiger partial charge in [0.15, 0.2) is 0 Å². The van der Waals surface area contributed by atoms with Crippen molar-refractivity contribution in [1.29, 1.82) is 0 Å². The lowest BCUT2D eigenvalue weighted by molar-refractivity contribution is -0.155. The number of carbonyl (C=O) groups is 2. The highest BCUT2D eigenvalue weighted by atomic mass is 16.5. The fourth-order valence-electron chi connectivity index (χ4n) is 3.17. The van der Waals surface area contributed by atoms with Crippen molar-refractivity contribution in [3.8, 4) is 0 Å². The molecule has 3 atom stereocenters. The summed E-state index contributed by atoms with van der Waals surface area (Å²) in [4.78, 5) is 23.0. The van der Waals surface area contributed by atoms with E-state index >= 15 is 0 Å². The van der Waals surface area contributed by atoms with E-state index in [2.05, 4.69) is 6.92 Å². The number of hydrogen-bond donors (Lipinski definition) is 2. The maximum atomic E-state index is 12.0. The Morgan fingerprint density at radius 2 is 1.74 bits per heavy atom. The van der Waals surface area contributed by atoms with Crippen LogP contribution in [0.1, 0.15) is 77.6 Å². The van der Waals surface area contributed by atoms with E-state index < -0.39 is 18.0 Å². The van der Waals surface area contributed by atoms with Gasteiger partial charge in [0.2, 0.25) is 0 Å². The normalized spacial score (nSPS) is 22.5. The molecular weight excluding hydrogens is 296 g/mol. The van der Waals surface area contributed by atoms with Crippen LogP contribution < -0.4 is 0 Å². The molecule has 3 unspecified atom stereocenters. The van der Waals surface area contributed by atoms with Gasteiger partial charge in [0, 0.05) is 0 Å². The van der Waals surface area contributed by atoms with Gasteiger partial charge in [0.1, 0.15) is 6.61 Å². The van der Waals surface area contributed by atoms with E-state index in [0.29, 0.717) is 25.7 Å². The van der Waals surface area contributed by atoms with Crippen LogP contribution in [0.5, 0.6) is 0 Å². The Morgan fingerprint density at radius 3 is 2.43 bits per heavy atom. The lowest BCUT2D eigenvalue weighted by Gasteiger charge is -2.25. The summed E-state index contributed by atoms with van der Waals surface area (Å²) in [7, 11) is 0. The van der Waals surface area contributed by atoms with Gasteiger partial charge < -0.3 is 14.9 Å². The van der Waals surface area contributed by atoms with E-state index in [1.807, 2.05) is 0 Å². The fourth-order valence-corrected chi connectivity index (χ4v) is 3.17. The Balaban J connectivity index is 2.13. The highest BCUT2D eigenvalue weighted by Crippen LogP contribution is 2.30. The maximum absolute atomic E-state index is 12.0. The zero-order valence-electron chi connectivity index (χ0n) is 14.3. The Kier molecular flexibility index (Phi) is 9.92. The van der Waals surface area contributed by atoms with E-state index in [9.17, 15) is 14.7 Å². The monoisotopic (exact) mass is 328 g/mol. The number of rotatable bonds is 11. The fraction of sp³-hybridized carbons (Fsp3) is 0.889. The number of aliphatic hydroxyl groups excluding tert-OH is 1. The molecule has 1 fully saturated rings. The molecule has 0 aromatic carbocycles. The molecule has 2 N–H and O–H groups in total. The average molecular weight is 328 g/mol. The van der Waals surface area contributed by atoms with Gasteiger partial charge in [-0.15, -0.1) is 0 Å². The van der Waals surface area contributed by atoms with E-state index in [-0.39, 0.29) is 18.5 Å². The van der Waals surface area contributed by atoms with Gasteiger partial charge in [0.05, 0.1) is 17.9 Å². The first kappa shape index (κ1) is 19.9. The van der Waals surface area contributed by atoms with Crippen LogP contribution in [0.15, 0.2) is 0 Å². The van der Waals surface area contributed by atoms with Crippen LogP contribution in [0.4, 0.5) is 0 Å². The smallest absolute Gasteiger partial charge is 0.309 e. The van der Waals surface area contributed by atoms with Crippen LogP contribution in [0, 0.1) is 11.8 Å². The first-order chi connectivity index (χ1) is 11.0. The summed E-state index contributed by atoms with van der Waals surface area (Å²) in [5, 5.41) is 18.9. The number of unbranched alkanes of at least 4 members (excludes halogenated alkanes) is 5. The first-order valence-corrected chi connectivity index (χ1v) is 9.12. The van der Waals surface area contributed by atoms with Crippen LogP contribution in [0.25, 0.3) is 0 Å². The molecule has 0 amide bonds. The quantitative estimate of drug-likeness (QED) is 0.448. The van der Waals surface area contributed by atoms with Crippen molar-refractivity contribution in [1.82, 2.24) is 0 Å². The molecule has 0 aliphatic heterocycles. The maximum Gasteiger partial charge on any atom is 0.309 e. The molecule has 1 rings (SSSR count). The molecule has 0 radical (unpaired) electrons. The number of aliphatic carboxylic acids is 1. The lowest BCUT2D eigenvalue weighted by atomic mass is 9.81. The molecule has 23 heavy (non-hydrogen) atoms. The Morgan fingerprint density at radius 1 is 1.09 bits per heavy atom. The summed E-state index contributed by atoms with van der Waals surface area (Å²) in [6, 6.07) is 0. The number of ether oxygens (including phenoxy) is 1. The number of esters is 1. The van der Waals surface area contributed by atoms with Crippen molar-refractivity contribution in [3.63, 3.8) is 0 Å². The SMILES string of the molecule is CCCCCCCCC(O)COC(=O)C1CCCC(C(=O)O)C1. The molecule has 1 saturated carbocycles. The van der Waals surface area contributed by atoms with Gasteiger partial charge in [0.25, 0.3) is 0 Å². The zero-order chi connectivity index (χ0) is 17.1. The summed E-state index contributed by atoms with van der Waals surface area (Å²) in [5.41, 5.74) is 0. The van der Waals surface area contributed by atoms with E-state index in [0.717, 1.165) is 19.3 Å². The second-order valence-corrected chi connectivity index (χ2v) is 6.74. The predicted octanol–water partition coefficient (Wildman–Crippen LogP) is 3.53. The van der Waals surface area contributed by atoms with Gasteiger partial charge in [-0.2, -0.15) is 0 Å². The number of aliphatic hydroxyl groups is 1. The predicted molar refractivity (Wildman–Crippen MR) is 88.0 cm³/mol. The molecule has 1 aliphatic rings. The first-order valence-electron chi connectivity index (χ1n) is 9.12. The van der Waals surface area contributed by atoms with Gasteiger partial charge in [-0.1, -0.05) is 51.9 Å². The van der Waals surface area contributed by atoms with E-state index in [4.69, 9.17) is 9.84 Å². The van der Waals surface area contributed by atoms with Crippen molar-refractivity contribution in [3.05, 3.63) is 0 Å². The zero-order valence-corrected chi connectivity index (χ0v) is 14.3. The van der Waals surface area contributed by atoms with Gasteiger partial charge in [-0.25, -0.2) is 0 Å². The third kappa shape index (κ3) is 8.35. The molecule has 5 heteroatoms. The second kappa shape index (κ2) is 11.4. The molecule has 0 bridgehead atoms. The average Bonchev–Trinajstić information content (AvgIpc) is 2.55. The van der Waals surface area contributed by atoms with Gasteiger partial charge in [-0.05, 0) is 25.7 Å². The molecular formula is C18H32O5. The standard InChI is InChI=1S/C18H32O5/c1-2-3-4-5-6-7-11-16(19)13-23-18(22)15-10-8-9-14(12-15)17(20)21/h14-16,19H,2-13H2,1H3,(H,20,21). The van der Waals surface area contributed by atoms with Crippen LogP contribution in [-0.4, -0.2) is 34.9 Å². The van der Waals surface area contributed by atoms with Gasteiger partial charge in [-0.3, -0.25) is 9.59 Å². The minimum Gasteiger partial charge on any atom is -0.481 e. The second-order valence-electron chi connectivity index (χ2n) is 6.74. The van der Waals surface area contributed by atoms with Crippen LogP contribution in [-0.2, 0) is 14.3 Å². The number of carbonyl (C=O) groups excluding carboxylic acids is 1. The highest BCUT2D eigenvalue weighted by molar-refractivity contribution is 5.75. The van der Waals surface area contributed by atoms with Crippen LogP contribution in [0.3, 0.4) is 0 Å². The largest absolute Gasteiger partial charge is 0.481 e. The third-order valence-electron chi connectivity index (χ3n) is 4.67. The van der Waals surface area contributed by atoms with E-state index in [1.165, 1.54) is 25.7 Å². The Hall–Kier alpha value is -1.10. The summed E-state index contributed by atoms with van der Waals surface area (Å²) >= 11 is 0. The molecule has 1 aliphatic carbocycles. The van der Waals surface area contributed by atoms with Crippen molar-refractivity contribution in [2.75, 3.05) is 6.61 Å². The number of carboxylic acid groups (broad SMARTS) is 1. The van der Waals surface area contributed by atoms with Crippen molar-refractivity contribution >= 4 is 11.9 Å². The molecule has 5 nitrogen and oxygen atoms in total. The summed E-state index contributed by atoms with van der Waals surface area (Å²) in [6.07, 6.45) is 9.47. The molecule has 0 aromatic heterocycles. The Labute approximate surface area is 139 Å². The van der Waals surface area contributed by atoms with Gasteiger partial charge >= 0.3 is 11.9 Å². The molecule has 0 aromatic rings.